The smallest absolute Gasteiger partial charge is 0.335 e. The zero-order chi connectivity index (χ0) is 20.6. The summed E-state index contributed by atoms with van der Waals surface area (Å²) in [7, 11) is 0. The molecule has 0 aromatic heterocycles. The SMILES string of the molecule is Cc1ccc(OCc2ccc(C(=O)NN=Cc3ccc(C(=O)O)cc3)cc2)cc1. The van der Waals surface area contributed by atoms with E-state index in [0.29, 0.717) is 17.7 Å². The summed E-state index contributed by atoms with van der Waals surface area (Å²) in [5.74, 6) is -0.535. The van der Waals surface area contributed by atoms with Gasteiger partial charge >= 0.3 is 5.97 Å². The van der Waals surface area contributed by atoms with Gasteiger partial charge in [-0.15, -0.1) is 0 Å². The molecule has 6 nitrogen and oxygen atoms in total. The Morgan fingerprint density at radius 1 is 0.931 bits per heavy atom. The first kappa shape index (κ1) is 19.8. The highest BCUT2D eigenvalue weighted by Crippen LogP contribution is 2.14. The van der Waals surface area contributed by atoms with Crippen LogP contribution in [0, 0.1) is 6.92 Å². The van der Waals surface area contributed by atoms with Crippen molar-refractivity contribution < 1.29 is 19.4 Å². The molecule has 2 N–H and O–H groups in total. The topological polar surface area (TPSA) is 88.0 Å². The number of carboxylic acid groups (broad SMARTS) is 1. The fourth-order valence-electron chi connectivity index (χ4n) is 2.50. The first-order chi connectivity index (χ1) is 14.0. The number of carbonyl (C=O) groups excluding carboxylic acids is 1. The van der Waals surface area contributed by atoms with Crippen LogP contribution < -0.4 is 10.2 Å². The van der Waals surface area contributed by atoms with Crippen LogP contribution in [0.4, 0.5) is 0 Å². The molecule has 146 valence electrons. The molecule has 0 radical (unpaired) electrons. The van der Waals surface area contributed by atoms with E-state index in [0.717, 1.165) is 11.3 Å². The van der Waals surface area contributed by atoms with E-state index in [2.05, 4.69) is 10.5 Å². The quantitative estimate of drug-likeness (QED) is 0.472. The summed E-state index contributed by atoms with van der Waals surface area (Å²) >= 11 is 0. The Labute approximate surface area is 168 Å². The summed E-state index contributed by atoms with van der Waals surface area (Å²) in [6.07, 6.45) is 1.45. The second-order valence-corrected chi connectivity index (χ2v) is 6.42. The molecule has 0 aliphatic carbocycles. The monoisotopic (exact) mass is 388 g/mol. The molecular weight excluding hydrogens is 368 g/mol. The zero-order valence-corrected chi connectivity index (χ0v) is 15.8. The number of aryl methyl sites for hydroxylation is 1. The Balaban J connectivity index is 1.51. The van der Waals surface area contributed by atoms with E-state index in [4.69, 9.17) is 9.84 Å². The number of carbonyl (C=O) groups is 2. The number of nitrogens with one attached hydrogen (secondary N) is 1. The highest BCUT2D eigenvalue weighted by molar-refractivity contribution is 5.95. The normalized spacial score (nSPS) is 10.7. The number of hydrogen-bond donors (Lipinski definition) is 2. The number of amides is 1. The van der Waals surface area contributed by atoms with Crippen molar-refractivity contribution >= 4 is 18.1 Å². The number of benzene rings is 3. The van der Waals surface area contributed by atoms with E-state index >= 15 is 0 Å². The molecule has 0 aliphatic rings. The fraction of sp³-hybridized carbons (Fsp3) is 0.0870. The summed E-state index contributed by atoms with van der Waals surface area (Å²) in [6.45, 7) is 2.43. The molecule has 0 atom stereocenters. The number of ether oxygens (including phenoxy) is 1. The molecule has 0 saturated carbocycles. The summed E-state index contributed by atoms with van der Waals surface area (Å²) in [5, 5.41) is 12.8. The van der Waals surface area contributed by atoms with Crippen LogP contribution in [0.1, 0.15) is 37.4 Å². The fourth-order valence-corrected chi connectivity index (χ4v) is 2.50. The number of carboxylic acids is 1. The van der Waals surface area contributed by atoms with Gasteiger partial charge in [-0.25, -0.2) is 10.2 Å². The van der Waals surface area contributed by atoms with Gasteiger partial charge in [0.1, 0.15) is 12.4 Å². The van der Waals surface area contributed by atoms with Crippen molar-refractivity contribution in [3.8, 4) is 5.75 Å². The maximum Gasteiger partial charge on any atom is 0.335 e. The number of nitrogens with zero attached hydrogens (tertiary/aromatic N) is 1. The molecular formula is C23H20N2O4. The molecule has 29 heavy (non-hydrogen) atoms. The molecule has 3 aromatic carbocycles. The summed E-state index contributed by atoms with van der Waals surface area (Å²) in [4.78, 5) is 23.0. The predicted molar refractivity (Wildman–Crippen MR) is 110 cm³/mol. The van der Waals surface area contributed by atoms with Gasteiger partial charge < -0.3 is 9.84 Å². The van der Waals surface area contributed by atoms with Crippen molar-refractivity contribution in [1.82, 2.24) is 5.43 Å². The third-order valence-electron chi connectivity index (χ3n) is 4.18. The minimum Gasteiger partial charge on any atom is -0.489 e. The zero-order valence-electron chi connectivity index (χ0n) is 15.8. The lowest BCUT2D eigenvalue weighted by molar-refractivity contribution is 0.0696. The van der Waals surface area contributed by atoms with Crippen LogP contribution in [-0.2, 0) is 6.61 Å². The molecule has 0 heterocycles. The minimum atomic E-state index is -0.991. The van der Waals surface area contributed by atoms with E-state index in [1.165, 1.54) is 23.9 Å². The molecule has 0 unspecified atom stereocenters. The molecule has 3 aromatic rings. The van der Waals surface area contributed by atoms with Gasteiger partial charge in [-0.05, 0) is 54.4 Å². The Kier molecular flexibility index (Phi) is 6.37. The molecule has 3 rings (SSSR count). The lowest BCUT2D eigenvalue weighted by Gasteiger charge is -2.07. The maximum absolute atomic E-state index is 12.2. The third kappa shape index (κ3) is 5.77. The van der Waals surface area contributed by atoms with Crippen LogP contribution in [-0.4, -0.2) is 23.2 Å². The molecule has 0 bridgehead atoms. The van der Waals surface area contributed by atoms with Gasteiger partial charge in [0.25, 0.3) is 5.91 Å². The van der Waals surface area contributed by atoms with E-state index in [1.807, 2.05) is 43.3 Å². The van der Waals surface area contributed by atoms with E-state index in [9.17, 15) is 9.59 Å². The summed E-state index contributed by atoms with van der Waals surface area (Å²) < 4.78 is 5.72. The Bertz CT molecular complexity index is 1010. The molecule has 0 fully saturated rings. The number of hydrazone groups is 1. The highest BCUT2D eigenvalue weighted by Gasteiger charge is 2.05. The lowest BCUT2D eigenvalue weighted by atomic mass is 10.1. The highest BCUT2D eigenvalue weighted by atomic mass is 16.5. The molecule has 0 aliphatic heterocycles. The van der Waals surface area contributed by atoms with Crippen molar-refractivity contribution in [3.05, 3.63) is 101 Å². The third-order valence-corrected chi connectivity index (χ3v) is 4.18. The van der Waals surface area contributed by atoms with Gasteiger partial charge in [0.05, 0.1) is 11.8 Å². The van der Waals surface area contributed by atoms with Crippen molar-refractivity contribution in [1.29, 1.82) is 0 Å². The van der Waals surface area contributed by atoms with Crippen LogP contribution in [0.5, 0.6) is 5.75 Å². The predicted octanol–water partition coefficient (Wildman–Crippen LogP) is 4.04. The van der Waals surface area contributed by atoms with Crippen molar-refractivity contribution in [3.63, 3.8) is 0 Å². The summed E-state index contributed by atoms with van der Waals surface area (Å²) in [5.41, 5.74) is 5.92. The van der Waals surface area contributed by atoms with Gasteiger partial charge in [0, 0.05) is 5.56 Å². The molecule has 0 saturated heterocycles. The van der Waals surface area contributed by atoms with Gasteiger partial charge in [0.2, 0.25) is 0 Å². The number of hydrogen-bond acceptors (Lipinski definition) is 4. The molecule has 6 heteroatoms. The number of rotatable bonds is 7. The average molecular weight is 388 g/mol. The van der Waals surface area contributed by atoms with Crippen LogP contribution in [0.3, 0.4) is 0 Å². The largest absolute Gasteiger partial charge is 0.489 e. The molecule has 0 spiro atoms. The van der Waals surface area contributed by atoms with Crippen LogP contribution >= 0.6 is 0 Å². The van der Waals surface area contributed by atoms with Crippen molar-refractivity contribution in [2.45, 2.75) is 13.5 Å². The molecule has 1 amide bonds. The Morgan fingerprint density at radius 2 is 1.55 bits per heavy atom. The van der Waals surface area contributed by atoms with Crippen molar-refractivity contribution in [2.75, 3.05) is 0 Å². The van der Waals surface area contributed by atoms with Gasteiger partial charge in [-0.2, -0.15) is 5.10 Å². The van der Waals surface area contributed by atoms with Gasteiger partial charge in [-0.3, -0.25) is 4.79 Å². The van der Waals surface area contributed by atoms with E-state index in [1.54, 1.807) is 24.3 Å². The van der Waals surface area contributed by atoms with E-state index in [-0.39, 0.29) is 11.5 Å². The van der Waals surface area contributed by atoms with Gasteiger partial charge in [-0.1, -0.05) is 42.0 Å². The second kappa shape index (κ2) is 9.32. The van der Waals surface area contributed by atoms with Crippen LogP contribution in [0.15, 0.2) is 77.9 Å². The Morgan fingerprint density at radius 3 is 2.17 bits per heavy atom. The average Bonchev–Trinajstić information content (AvgIpc) is 2.74. The Hall–Kier alpha value is -3.93. The standard InChI is InChI=1S/C23H20N2O4/c1-16-2-12-21(13-3-16)29-15-18-6-8-19(9-7-18)22(26)25-24-14-17-4-10-20(11-5-17)23(27)28/h2-14H,15H2,1H3,(H,25,26)(H,27,28). The lowest BCUT2D eigenvalue weighted by Crippen LogP contribution is -2.17. The van der Waals surface area contributed by atoms with Crippen LogP contribution in [0.25, 0.3) is 0 Å². The van der Waals surface area contributed by atoms with E-state index < -0.39 is 5.97 Å². The first-order valence-corrected chi connectivity index (χ1v) is 8.96. The second-order valence-electron chi connectivity index (χ2n) is 6.42. The summed E-state index contributed by atoms with van der Waals surface area (Å²) in [6, 6.07) is 21.1. The van der Waals surface area contributed by atoms with Crippen LogP contribution in [0.2, 0.25) is 0 Å². The van der Waals surface area contributed by atoms with Crippen molar-refractivity contribution in [2.24, 2.45) is 5.10 Å². The van der Waals surface area contributed by atoms with Gasteiger partial charge in [0.15, 0.2) is 0 Å². The maximum atomic E-state index is 12.2. The minimum absolute atomic E-state index is 0.192. The first-order valence-electron chi connectivity index (χ1n) is 8.96. The number of aromatic carboxylic acids is 1.